The third kappa shape index (κ3) is 3.28. The molecule has 1 fully saturated rings. The maximum absolute atomic E-state index is 5.77. The van der Waals surface area contributed by atoms with Crippen molar-refractivity contribution in [3.05, 3.63) is 34.4 Å². The van der Waals surface area contributed by atoms with Crippen LogP contribution in [0.4, 0.5) is 0 Å². The normalized spacial score (nSPS) is 24.1. The van der Waals surface area contributed by atoms with Crippen LogP contribution in [-0.2, 0) is 24.0 Å². The Labute approximate surface area is 132 Å². The number of ether oxygens (including phenoxy) is 1. The van der Waals surface area contributed by atoms with Gasteiger partial charge in [0.2, 0.25) is 0 Å². The van der Waals surface area contributed by atoms with E-state index in [0.29, 0.717) is 16.8 Å². The van der Waals surface area contributed by atoms with Crippen molar-refractivity contribution < 1.29 is 4.74 Å². The Hall–Kier alpha value is -0.340. The molecule has 0 bridgehead atoms. The summed E-state index contributed by atoms with van der Waals surface area (Å²) in [5, 5.41) is 0. The second kappa shape index (κ2) is 7.09. The molecule has 0 aromatic heterocycles. The Kier molecular flexibility index (Phi) is 5.68. The molecule has 0 N–H and O–H groups in total. The average Bonchev–Trinajstić information content (AvgIpc) is 2.91. The van der Waals surface area contributed by atoms with Crippen LogP contribution in [0, 0.1) is 5.92 Å². The first-order valence-electron chi connectivity index (χ1n) is 8.00. The van der Waals surface area contributed by atoms with Crippen LogP contribution in [-0.4, -0.2) is 12.7 Å². The Balaban J connectivity index is 2.38. The molecule has 20 heavy (non-hydrogen) atoms. The number of benzene rings is 1. The molecule has 1 heterocycles. The van der Waals surface area contributed by atoms with Crippen LogP contribution < -0.4 is 0 Å². The monoisotopic (exact) mass is 338 g/mol. The minimum absolute atomic E-state index is 0.408. The van der Waals surface area contributed by atoms with E-state index in [1.165, 1.54) is 22.3 Å². The zero-order chi connectivity index (χ0) is 14.7. The molecular weight excluding hydrogens is 312 g/mol. The van der Waals surface area contributed by atoms with Gasteiger partial charge < -0.3 is 4.74 Å². The zero-order valence-electron chi connectivity index (χ0n) is 13.2. The summed E-state index contributed by atoms with van der Waals surface area (Å²) in [5.74, 6) is 0.605. The lowest BCUT2D eigenvalue weighted by Gasteiger charge is -2.24. The van der Waals surface area contributed by atoms with E-state index in [2.05, 4.69) is 55.8 Å². The van der Waals surface area contributed by atoms with E-state index in [1.54, 1.807) is 0 Å². The zero-order valence-corrected chi connectivity index (χ0v) is 14.8. The summed E-state index contributed by atoms with van der Waals surface area (Å²) in [6.07, 6.45) is 4.92. The maximum Gasteiger partial charge on any atom is 0.0551 e. The van der Waals surface area contributed by atoms with Gasteiger partial charge in [0.25, 0.3) is 0 Å². The van der Waals surface area contributed by atoms with Crippen molar-refractivity contribution in [1.29, 1.82) is 0 Å². The number of hydrogen-bond donors (Lipinski definition) is 0. The molecule has 0 amide bonds. The molecule has 0 spiro atoms. The highest BCUT2D eigenvalue weighted by molar-refractivity contribution is 9.09. The average molecular weight is 339 g/mol. The summed E-state index contributed by atoms with van der Waals surface area (Å²) in [5.41, 5.74) is 6.04. The highest BCUT2D eigenvalue weighted by atomic mass is 79.9. The molecule has 1 nitrogen and oxygen atoms in total. The summed E-state index contributed by atoms with van der Waals surface area (Å²) in [4.78, 5) is 0.434. The van der Waals surface area contributed by atoms with Gasteiger partial charge in [0.05, 0.1) is 12.7 Å². The van der Waals surface area contributed by atoms with Crippen molar-refractivity contribution in [3.8, 4) is 0 Å². The summed E-state index contributed by atoms with van der Waals surface area (Å²) in [7, 11) is 0. The first-order valence-corrected chi connectivity index (χ1v) is 8.92. The lowest BCUT2D eigenvalue weighted by atomic mass is 9.87. The summed E-state index contributed by atoms with van der Waals surface area (Å²) < 4.78 is 5.77. The van der Waals surface area contributed by atoms with Gasteiger partial charge in [0, 0.05) is 10.7 Å². The van der Waals surface area contributed by atoms with Crippen molar-refractivity contribution in [2.45, 2.75) is 64.3 Å². The van der Waals surface area contributed by atoms with Crippen LogP contribution >= 0.6 is 15.9 Å². The second-order valence-corrected chi connectivity index (χ2v) is 6.92. The van der Waals surface area contributed by atoms with E-state index in [4.69, 9.17) is 4.74 Å². The van der Waals surface area contributed by atoms with E-state index in [1.807, 2.05) is 0 Å². The van der Waals surface area contributed by atoms with Gasteiger partial charge in [-0.25, -0.2) is 0 Å². The quantitative estimate of drug-likeness (QED) is 0.667. The molecule has 1 aliphatic heterocycles. The fourth-order valence-corrected chi connectivity index (χ4v) is 4.24. The fraction of sp³-hybridized carbons (Fsp3) is 0.667. The van der Waals surface area contributed by atoms with Crippen LogP contribution in [0.15, 0.2) is 12.1 Å². The molecule has 3 unspecified atom stereocenters. The SMILES string of the molecule is CCc1cc(CC)c(C(Br)C2COC(C)C2)c(CC)c1. The summed E-state index contributed by atoms with van der Waals surface area (Å²) >= 11 is 3.99. The van der Waals surface area contributed by atoms with Crippen molar-refractivity contribution >= 4 is 15.9 Å². The van der Waals surface area contributed by atoms with E-state index in [0.717, 1.165) is 32.3 Å². The van der Waals surface area contributed by atoms with Gasteiger partial charge in [0.1, 0.15) is 0 Å². The van der Waals surface area contributed by atoms with Crippen molar-refractivity contribution in [3.63, 3.8) is 0 Å². The molecule has 1 aromatic carbocycles. The Bertz CT molecular complexity index is 430. The second-order valence-electron chi connectivity index (χ2n) is 5.93. The minimum Gasteiger partial charge on any atom is -0.378 e. The lowest BCUT2D eigenvalue weighted by Crippen LogP contribution is -2.12. The summed E-state index contributed by atoms with van der Waals surface area (Å²) in [6, 6.07) is 4.81. The van der Waals surface area contributed by atoms with Crippen molar-refractivity contribution in [2.75, 3.05) is 6.61 Å². The minimum atomic E-state index is 0.408. The molecule has 0 aliphatic carbocycles. The molecule has 1 aliphatic rings. The number of rotatable bonds is 5. The molecule has 2 heteroatoms. The lowest BCUT2D eigenvalue weighted by molar-refractivity contribution is 0.120. The molecule has 0 saturated carbocycles. The van der Waals surface area contributed by atoms with E-state index < -0.39 is 0 Å². The van der Waals surface area contributed by atoms with Crippen LogP contribution in [0.1, 0.15) is 61.2 Å². The smallest absolute Gasteiger partial charge is 0.0551 e. The van der Waals surface area contributed by atoms with E-state index in [-0.39, 0.29) is 0 Å². The van der Waals surface area contributed by atoms with Crippen LogP contribution in [0.2, 0.25) is 0 Å². The van der Waals surface area contributed by atoms with E-state index in [9.17, 15) is 0 Å². The predicted octanol–water partition coefficient (Wildman–Crippen LogP) is 5.23. The van der Waals surface area contributed by atoms with Crippen LogP contribution in [0.3, 0.4) is 0 Å². The Morgan fingerprint density at radius 2 is 1.75 bits per heavy atom. The van der Waals surface area contributed by atoms with Crippen molar-refractivity contribution in [1.82, 2.24) is 0 Å². The van der Waals surface area contributed by atoms with Crippen molar-refractivity contribution in [2.24, 2.45) is 5.92 Å². The number of halogens is 1. The van der Waals surface area contributed by atoms with Gasteiger partial charge in [-0.2, -0.15) is 0 Å². The van der Waals surface area contributed by atoms with Gasteiger partial charge in [-0.15, -0.1) is 0 Å². The van der Waals surface area contributed by atoms with Gasteiger partial charge in [-0.05, 0) is 54.9 Å². The van der Waals surface area contributed by atoms with E-state index >= 15 is 0 Å². The first-order chi connectivity index (χ1) is 9.60. The molecule has 0 radical (unpaired) electrons. The molecular formula is C18H27BrO. The summed E-state index contributed by atoms with van der Waals surface area (Å²) in [6.45, 7) is 9.85. The topological polar surface area (TPSA) is 9.23 Å². The molecule has 1 aromatic rings. The Morgan fingerprint density at radius 3 is 2.15 bits per heavy atom. The van der Waals surface area contributed by atoms with Gasteiger partial charge in [-0.3, -0.25) is 0 Å². The fourth-order valence-electron chi connectivity index (χ4n) is 3.28. The molecule has 2 rings (SSSR count). The van der Waals surface area contributed by atoms with Crippen LogP contribution in [0.25, 0.3) is 0 Å². The largest absolute Gasteiger partial charge is 0.378 e. The molecule has 112 valence electrons. The Morgan fingerprint density at radius 1 is 1.15 bits per heavy atom. The van der Waals surface area contributed by atoms with Crippen LogP contribution in [0.5, 0.6) is 0 Å². The van der Waals surface area contributed by atoms with Gasteiger partial charge in [-0.1, -0.05) is 48.8 Å². The standard InChI is InChI=1S/C18H27BrO/c1-5-13-9-14(6-2)17(15(7-3)10-13)18(19)16-8-12(4)20-11-16/h9-10,12,16,18H,5-8,11H2,1-4H3. The third-order valence-corrected chi connectivity index (χ3v) is 5.71. The third-order valence-electron chi connectivity index (χ3n) is 4.50. The molecule has 3 atom stereocenters. The number of aryl methyl sites for hydroxylation is 3. The first kappa shape index (κ1) is 16.0. The highest BCUT2D eigenvalue weighted by Crippen LogP contribution is 2.41. The van der Waals surface area contributed by atoms with Gasteiger partial charge in [0.15, 0.2) is 0 Å². The predicted molar refractivity (Wildman–Crippen MR) is 89.8 cm³/mol. The maximum atomic E-state index is 5.77. The van der Waals surface area contributed by atoms with Gasteiger partial charge >= 0.3 is 0 Å². The number of hydrogen-bond acceptors (Lipinski definition) is 1. The number of alkyl halides is 1. The highest BCUT2D eigenvalue weighted by Gasteiger charge is 2.31. The molecule has 1 saturated heterocycles.